The maximum Gasteiger partial charge on any atom is 0.262 e. The molecule has 2 aromatic rings. The molecular formula is C21H26N2O2S. The largest absolute Gasteiger partial charge is 0.352 e. The molecule has 138 valence electrons. The number of rotatable bonds is 6. The summed E-state index contributed by atoms with van der Waals surface area (Å²) < 4.78 is 0. The molecule has 1 aromatic heterocycles. The minimum atomic E-state index is -0.560. The highest BCUT2D eigenvalue weighted by molar-refractivity contribution is 7.12. The van der Waals surface area contributed by atoms with Gasteiger partial charge in [0.1, 0.15) is 6.04 Å². The van der Waals surface area contributed by atoms with Crippen molar-refractivity contribution in [2.75, 3.05) is 0 Å². The van der Waals surface area contributed by atoms with Crippen LogP contribution < -0.4 is 10.6 Å². The number of nitrogens with one attached hydrogen (secondary N) is 2. The van der Waals surface area contributed by atoms with E-state index < -0.39 is 6.04 Å². The van der Waals surface area contributed by atoms with Crippen molar-refractivity contribution in [3.05, 3.63) is 58.3 Å². The molecule has 0 bridgehead atoms. The Kier molecular flexibility index (Phi) is 6.83. The maximum atomic E-state index is 12.9. The molecule has 1 heterocycles. The van der Waals surface area contributed by atoms with E-state index in [9.17, 15) is 9.59 Å². The van der Waals surface area contributed by atoms with Gasteiger partial charge in [-0.15, -0.1) is 11.3 Å². The Bertz CT molecular complexity index is 692. The summed E-state index contributed by atoms with van der Waals surface area (Å²) in [4.78, 5) is 26.0. The molecule has 1 aliphatic rings. The van der Waals surface area contributed by atoms with Gasteiger partial charge in [-0.1, -0.05) is 62.1 Å². The molecule has 1 saturated carbocycles. The average Bonchev–Trinajstić information content (AvgIpc) is 3.08. The molecule has 1 atom stereocenters. The molecule has 0 aliphatic heterocycles. The Balaban J connectivity index is 1.68. The second kappa shape index (κ2) is 9.53. The monoisotopic (exact) mass is 370 g/mol. The summed E-state index contributed by atoms with van der Waals surface area (Å²) in [5, 5.41) is 7.98. The van der Waals surface area contributed by atoms with E-state index in [1.807, 2.05) is 41.8 Å². The van der Waals surface area contributed by atoms with Crippen molar-refractivity contribution >= 4 is 23.2 Å². The molecule has 3 rings (SSSR count). The Morgan fingerprint density at radius 2 is 1.73 bits per heavy atom. The van der Waals surface area contributed by atoms with Gasteiger partial charge in [0.2, 0.25) is 5.91 Å². The van der Waals surface area contributed by atoms with Crippen molar-refractivity contribution in [2.24, 2.45) is 0 Å². The van der Waals surface area contributed by atoms with E-state index in [0.29, 0.717) is 11.3 Å². The minimum absolute atomic E-state index is 0.0781. The quantitative estimate of drug-likeness (QED) is 0.757. The van der Waals surface area contributed by atoms with Crippen LogP contribution in [-0.2, 0) is 11.2 Å². The zero-order valence-corrected chi connectivity index (χ0v) is 15.8. The number of benzene rings is 1. The van der Waals surface area contributed by atoms with Crippen LogP contribution in [0.25, 0.3) is 0 Å². The fourth-order valence-electron chi connectivity index (χ4n) is 3.42. The molecule has 1 unspecified atom stereocenters. The number of carbonyl (C=O) groups excluding carboxylic acids is 2. The molecule has 0 spiro atoms. The van der Waals surface area contributed by atoms with Gasteiger partial charge in [0, 0.05) is 12.5 Å². The predicted octanol–water partition coefficient (Wildman–Crippen LogP) is 3.93. The van der Waals surface area contributed by atoms with E-state index in [1.54, 1.807) is 6.07 Å². The van der Waals surface area contributed by atoms with Gasteiger partial charge in [-0.2, -0.15) is 0 Å². The zero-order valence-electron chi connectivity index (χ0n) is 14.9. The Morgan fingerprint density at radius 3 is 2.38 bits per heavy atom. The first-order chi connectivity index (χ1) is 12.7. The van der Waals surface area contributed by atoms with Gasteiger partial charge >= 0.3 is 0 Å². The van der Waals surface area contributed by atoms with E-state index in [-0.39, 0.29) is 17.9 Å². The highest BCUT2D eigenvalue weighted by Gasteiger charge is 2.25. The fraction of sp³-hybridized carbons (Fsp3) is 0.429. The van der Waals surface area contributed by atoms with Gasteiger partial charge in [0.05, 0.1) is 4.88 Å². The maximum absolute atomic E-state index is 12.9. The summed E-state index contributed by atoms with van der Waals surface area (Å²) in [5.41, 5.74) is 1.04. The molecule has 2 N–H and O–H groups in total. The first-order valence-corrected chi connectivity index (χ1v) is 10.3. The lowest BCUT2D eigenvalue weighted by atomic mass is 10.0. The van der Waals surface area contributed by atoms with Crippen LogP contribution in [-0.4, -0.2) is 23.9 Å². The number of carbonyl (C=O) groups is 2. The van der Waals surface area contributed by atoms with Crippen molar-refractivity contribution in [1.29, 1.82) is 0 Å². The second-order valence-corrected chi connectivity index (χ2v) is 7.84. The van der Waals surface area contributed by atoms with Crippen LogP contribution in [0.2, 0.25) is 0 Å². The van der Waals surface area contributed by atoms with Gasteiger partial charge in [-0.3, -0.25) is 9.59 Å². The van der Waals surface area contributed by atoms with Crippen LogP contribution >= 0.6 is 11.3 Å². The molecule has 26 heavy (non-hydrogen) atoms. The van der Waals surface area contributed by atoms with Crippen LogP contribution in [0.3, 0.4) is 0 Å². The third-order valence-electron chi connectivity index (χ3n) is 4.85. The Labute approximate surface area is 159 Å². The normalized spacial score (nSPS) is 16.5. The number of thiophene rings is 1. The molecule has 2 amide bonds. The highest BCUT2D eigenvalue weighted by atomic mass is 32.1. The van der Waals surface area contributed by atoms with Crippen molar-refractivity contribution in [2.45, 2.75) is 57.0 Å². The van der Waals surface area contributed by atoms with Crippen LogP contribution in [0.15, 0.2) is 47.8 Å². The predicted molar refractivity (Wildman–Crippen MR) is 105 cm³/mol. The smallest absolute Gasteiger partial charge is 0.262 e. The minimum Gasteiger partial charge on any atom is -0.352 e. The topological polar surface area (TPSA) is 58.2 Å². The van der Waals surface area contributed by atoms with E-state index in [0.717, 1.165) is 31.2 Å². The third kappa shape index (κ3) is 5.43. The van der Waals surface area contributed by atoms with E-state index >= 15 is 0 Å². The van der Waals surface area contributed by atoms with Crippen molar-refractivity contribution < 1.29 is 9.59 Å². The van der Waals surface area contributed by atoms with E-state index in [4.69, 9.17) is 0 Å². The Morgan fingerprint density at radius 1 is 1.00 bits per heavy atom. The summed E-state index contributed by atoms with van der Waals surface area (Å²) in [7, 11) is 0. The molecule has 1 aliphatic carbocycles. The average molecular weight is 371 g/mol. The lowest BCUT2D eigenvalue weighted by Gasteiger charge is -2.22. The number of amides is 2. The zero-order chi connectivity index (χ0) is 18.2. The van der Waals surface area contributed by atoms with Crippen molar-refractivity contribution in [1.82, 2.24) is 10.6 Å². The molecule has 1 fully saturated rings. The third-order valence-corrected chi connectivity index (χ3v) is 5.72. The van der Waals surface area contributed by atoms with Gasteiger partial charge in [-0.05, 0) is 29.9 Å². The molecular weight excluding hydrogens is 344 g/mol. The molecule has 0 radical (unpaired) electrons. The van der Waals surface area contributed by atoms with Crippen molar-refractivity contribution in [3.8, 4) is 0 Å². The van der Waals surface area contributed by atoms with Gasteiger partial charge < -0.3 is 10.6 Å². The number of hydrogen-bond acceptors (Lipinski definition) is 3. The summed E-state index contributed by atoms with van der Waals surface area (Å²) in [6.07, 6.45) is 7.37. The van der Waals surface area contributed by atoms with Crippen LogP contribution in [0.5, 0.6) is 0 Å². The van der Waals surface area contributed by atoms with E-state index in [1.165, 1.54) is 24.2 Å². The van der Waals surface area contributed by atoms with Crippen LogP contribution in [0.4, 0.5) is 0 Å². The standard InChI is InChI=1S/C21H26N2O2S/c24-20(22-17-11-6-1-2-7-12-17)18(15-16-9-4-3-5-10-16)23-21(25)19-13-8-14-26-19/h3-5,8-10,13-14,17-18H,1-2,6-7,11-12,15H2,(H,22,24)(H,23,25). The first-order valence-electron chi connectivity index (χ1n) is 9.41. The summed E-state index contributed by atoms with van der Waals surface area (Å²) in [6, 6.07) is 13.1. The molecule has 1 aromatic carbocycles. The number of hydrogen-bond donors (Lipinski definition) is 2. The summed E-state index contributed by atoms with van der Waals surface area (Å²) >= 11 is 1.39. The molecule has 0 saturated heterocycles. The molecule has 4 nitrogen and oxygen atoms in total. The lowest BCUT2D eigenvalue weighted by Crippen LogP contribution is -2.50. The van der Waals surface area contributed by atoms with Crippen molar-refractivity contribution in [3.63, 3.8) is 0 Å². The van der Waals surface area contributed by atoms with Gasteiger partial charge in [-0.25, -0.2) is 0 Å². The van der Waals surface area contributed by atoms with E-state index in [2.05, 4.69) is 10.6 Å². The van der Waals surface area contributed by atoms with Crippen LogP contribution in [0, 0.1) is 0 Å². The first kappa shape index (κ1) is 18.6. The van der Waals surface area contributed by atoms with Crippen LogP contribution in [0.1, 0.15) is 53.8 Å². The van der Waals surface area contributed by atoms with Gasteiger partial charge in [0.15, 0.2) is 0 Å². The highest BCUT2D eigenvalue weighted by Crippen LogP contribution is 2.17. The van der Waals surface area contributed by atoms with Gasteiger partial charge in [0.25, 0.3) is 5.91 Å². The lowest BCUT2D eigenvalue weighted by molar-refractivity contribution is -0.123. The second-order valence-electron chi connectivity index (χ2n) is 6.89. The molecule has 5 heteroatoms. The fourth-order valence-corrected chi connectivity index (χ4v) is 4.05. The summed E-state index contributed by atoms with van der Waals surface area (Å²) in [5.74, 6) is -0.261. The Hall–Kier alpha value is -2.14. The summed E-state index contributed by atoms with van der Waals surface area (Å²) in [6.45, 7) is 0. The SMILES string of the molecule is O=C(NC(Cc1ccccc1)C(=O)NC1CCCCCC1)c1cccs1.